The molecule has 0 atom stereocenters. The molecule has 1 amide bonds. The average Bonchev–Trinajstić information content (AvgIpc) is 2.72. The zero-order valence-corrected chi connectivity index (χ0v) is 16.4. The van der Waals surface area contributed by atoms with Crippen LogP contribution in [0.5, 0.6) is 0 Å². The van der Waals surface area contributed by atoms with Crippen LogP contribution in [0.1, 0.15) is 31.4 Å². The van der Waals surface area contributed by atoms with E-state index in [4.69, 9.17) is 0 Å². The van der Waals surface area contributed by atoms with Crippen LogP contribution in [0.4, 0.5) is 4.39 Å². The molecule has 0 spiro atoms. The first-order chi connectivity index (χ1) is 13.4. The fraction of sp³-hybridized carbons (Fsp3) is 0.400. The second-order valence-electron chi connectivity index (χ2n) is 6.94. The Morgan fingerprint density at radius 2 is 1.96 bits per heavy atom. The normalized spacial score (nSPS) is 16.0. The van der Waals surface area contributed by atoms with E-state index in [1.807, 2.05) is 18.2 Å². The van der Waals surface area contributed by atoms with Gasteiger partial charge in [0.25, 0.3) is 0 Å². The summed E-state index contributed by atoms with van der Waals surface area (Å²) >= 11 is 0. The van der Waals surface area contributed by atoms with E-state index in [1.165, 1.54) is 22.5 Å². The number of hydrogen-bond acceptors (Lipinski definition) is 4. The van der Waals surface area contributed by atoms with Gasteiger partial charge in [-0.25, -0.2) is 12.8 Å². The molecule has 1 aliphatic heterocycles. The third kappa shape index (κ3) is 5.36. The summed E-state index contributed by atoms with van der Waals surface area (Å²) < 4.78 is 40.0. The van der Waals surface area contributed by atoms with E-state index >= 15 is 0 Å². The van der Waals surface area contributed by atoms with Gasteiger partial charge in [-0.3, -0.25) is 9.78 Å². The van der Waals surface area contributed by atoms with Crippen molar-refractivity contribution in [2.75, 3.05) is 13.1 Å². The molecule has 1 aliphatic rings. The van der Waals surface area contributed by atoms with Crippen molar-refractivity contribution < 1.29 is 17.6 Å². The van der Waals surface area contributed by atoms with Crippen molar-refractivity contribution >= 4 is 15.9 Å². The molecule has 0 radical (unpaired) electrons. The minimum Gasteiger partial charge on any atom is -0.350 e. The van der Waals surface area contributed by atoms with Crippen LogP contribution >= 0.6 is 0 Å². The van der Waals surface area contributed by atoms with Gasteiger partial charge in [-0.05, 0) is 55.5 Å². The number of hydrogen-bond donors (Lipinski definition) is 1. The fourth-order valence-corrected chi connectivity index (χ4v) is 4.83. The van der Waals surface area contributed by atoms with Gasteiger partial charge in [0.05, 0.1) is 17.1 Å². The fourth-order valence-electron chi connectivity index (χ4n) is 3.33. The Kier molecular flexibility index (Phi) is 6.74. The molecule has 8 heteroatoms. The Hall–Kier alpha value is -2.32. The van der Waals surface area contributed by atoms with Gasteiger partial charge in [0.1, 0.15) is 5.82 Å². The van der Waals surface area contributed by atoms with E-state index in [0.717, 1.165) is 18.2 Å². The Balaban J connectivity index is 1.43. The number of amides is 1. The summed E-state index contributed by atoms with van der Waals surface area (Å²) in [6, 6.07) is 10.6. The maximum Gasteiger partial charge on any atom is 0.243 e. The molecular formula is C20H24FN3O3S. The average molecular weight is 405 g/mol. The molecule has 1 fully saturated rings. The number of rotatable bonds is 7. The van der Waals surface area contributed by atoms with Crippen molar-refractivity contribution in [2.24, 2.45) is 5.92 Å². The topological polar surface area (TPSA) is 79.4 Å². The van der Waals surface area contributed by atoms with Gasteiger partial charge in [0.2, 0.25) is 15.9 Å². The van der Waals surface area contributed by atoms with Crippen LogP contribution < -0.4 is 5.32 Å². The largest absolute Gasteiger partial charge is 0.350 e. The molecule has 0 aliphatic carbocycles. The van der Waals surface area contributed by atoms with E-state index in [2.05, 4.69) is 10.3 Å². The van der Waals surface area contributed by atoms with Crippen LogP contribution in [0.3, 0.4) is 0 Å². The van der Waals surface area contributed by atoms with Crippen molar-refractivity contribution in [3.8, 4) is 0 Å². The summed E-state index contributed by atoms with van der Waals surface area (Å²) in [5.41, 5.74) is 0.812. The highest BCUT2D eigenvalue weighted by molar-refractivity contribution is 7.89. The molecule has 2 heterocycles. The van der Waals surface area contributed by atoms with Gasteiger partial charge in [-0.2, -0.15) is 4.31 Å². The number of benzene rings is 1. The Bertz CT molecular complexity index is 898. The first-order valence-corrected chi connectivity index (χ1v) is 10.8. The monoisotopic (exact) mass is 405 g/mol. The van der Waals surface area contributed by atoms with Crippen molar-refractivity contribution in [3.05, 3.63) is 60.2 Å². The van der Waals surface area contributed by atoms with Gasteiger partial charge in [0.15, 0.2) is 0 Å². The zero-order valence-electron chi connectivity index (χ0n) is 15.6. The number of nitrogens with zero attached hydrogens (tertiary/aromatic N) is 2. The van der Waals surface area contributed by atoms with Crippen molar-refractivity contribution in [2.45, 2.75) is 37.1 Å². The predicted octanol–water partition coefficient (Wildman–Crippen LogP) is 2.72. The Labute approximate surface area is 164 Å². The number of halogens is 1. The summed E-state index contributed by atoms with van der Waals surface area (Å²) in [5, 5.41) is 2.86. The molecule has 1 N–H and O–H groups in total. The molecule has 1 saturated heterocycles. The van der Waals surface area contributed by atoms with Crippen LogP contribution in [0.2, 0.25) is 0 Å². The molecule has 6 nitrogen and oxygen atoms in total. The van der Waals surface area contributed by atoms with Gasteiger partial charge in [-0.1, -0.05) is 12.1 Å². The van der Waals surface area contributed by atoms with E-state index in [0.29, 0.717) is 44.8 Å². The SMILES string of the molecule is O=C(CCC1CCN(S(=O)(=O)c2cccc(F)c2)CC1)NCc1ccccn1. The first kappa shape index (κ1) is 20.4. The van der Waals surface area contributed by atoms with E-state index < -0.39 is 15.8 Å². The molecule has 3 rings (SSSR count). The maximum atomic E-state index is 13.3. The number of aromatic nitrogens is 1. The highest BCUT2D eigenvalue weighted by Crippen LogP contribution is 2.26. The van der Waals surface area contributed by atoms with Crippen LogP contribution in [-0.2, 0) is 21.4 Å². The molecule has 0 saturated carbocycles. The van der Waals surface area contributed by atoms with Gasteiger partial charge >= 0.3 is 0 Å². The van der Waals surface area contributed by atoms with Gasteiger partial charge in [-0.15, -0.1) is 0 Å². The molecule has 28 heavy (non-hydrogen) atoms. The lowest BCUT2D eigenvalue weighted by Gasteiger charge is -2.31. The molecule has 0 unspecified atom stereocenters. The van der Waals surface area contributed by atoms with E-state index in [1.54, 1.807) is 6.20 Å². The lowest BCUT2D eigenvalue weighted by Crippen LogP contribution is -2.38. The quantitative estimate of drug-likeness (QED) is 0.768. The zero-order chi connectivity index (χ0) is 20.0. The van der Waals surface area contributed by atoms with Crippen molar-refractivity contribution in [1.29, 1.82) is 0 Å². The second-order valence-corrected chi connectivity index (χ2v) is 8.88. The molecule has 2 aromatic rings. The lowest BCUT2D eigenvalue weighted by molar-refractivity contribution is -0.121. The highest BCUT2D eigenvalue weighted by Gasteiger charge is 2.29. The number of sulfonamides is 1. The molecular weight excluding hydrogens is 381 g/mol. The molecule has 1 aromatic heterocycles. The summed E-state index contributed by atoms with van der Waals surface area (Å²) in [6.07, 6.45) is 4.22. The Morgan fingerprint density at radius 1 is 1.18 bits per heavy atom. The summed E-state index contributed by atoms with van der Waals surface area (Å²) in [7, 11) is -3.67. The van der Waals surface area contributed by atoms with Crippen LogP contribution in [0.25, 0.3) is 0 Å². The molecule has 150 valence electrons. The molecule has 0 bridgehead atoms. The van der Waals surface area contributed by atoms with Crippen LogP contribution in [0, 0.1) is 11.7 Å². The summed E-state index contributed by atoms with van der Waals surface area (Å²) in [4.78, 5) is 16.2. The molecule has 1 aromatic carbocycles. The minimum absolute atomic E-state index is 0.0140. The number of piperidine rings is 1. The maximum absolute atomic E-state index is 13.3. The van der Waals surface area contributed by atoms with Crippen molar-refractivity contribution in [1.82, 2.24) is 14.6 Å². The number of carbonyl (C=O) groups excluding carboxylic acids is 1. The van der Waals surface area contributed by atoms with Crippen molar-refractivity contribution in [3.63, 3.8) is 0 Å². The predicted molar refractivity (Wildman–Crippen MR) is 103 cm³/mol. The Morgan fingerprint density at radius 3 is 2.64 bits per heavy atom. The third-order valence-corrected chi connectivity index (χ3v) is 6.87. The standard InChI is InChI=1S/C20H24FN3O3S/c21-17-4-3-6-19(14-17)28(26,27)24-12-9-16(10-13-24)7-8-20(25)23-15-18-5-1-2-11-22-18/h1-6,11,14,16H,7-10,12-13,15H2,(H,23,25). The smallest absolute Gasteiger partial charge is 0.243 e. The number of nitrogens with one attached hydrogen (secondary N) is 1. The van der Waals surface area contributed by atoms with Crippen LogP contribution in [-0.4, -0.2) is 36.7 Å². The summed E-state index contributed by atoms with van der Waals surface area (Å²) in [5.74, 6) is -0.285. The van der Waals surface area contributed by atoms with Crippen LogP contribution in [0.15, 0.2) is 53.6 Å². The second kappa shape index (κ2) is 9.25. The lowest BCUT2D eigenvalue weighted by atomic mass is 9.93. The number of carbonyl (C=O) groups is 1. The van der Waals surface area contributed by atoms with Gasteiger partial charge < -0.3 is 5.32 Å². The first-order valence-electron chi connectivity index (χ1n) is 9.37. The minimum atomic E-state index is -3.67. The number of pyridine rings is 1. The third-order valence-electron chi connectivity index (χ3n) is 4.98. The van der Waals surface area contributed by atoms with E-state index in [-0.39, 0.29) is 10.8 Å². The highest BCUT2D eigenvalue weighted by atomic mass is 32.2. The summed E-state index contributed by atoms with van der Waals surface area (Å²) in [6.45, 7) is 1.18. The van der Waals surface area contributed by atoms with E-state index in [9.17, 15) is 17.6 Å². The van der Waals surface area contributed by atoms with Gasteiger partial charge in [0, 0.05) is 25.7 Å².